The van der Waals surface area contributed by atoms with Gasteiger partial charge in [0.2, 0.25) is 11.8 Å². The van der Waals surface area contributed by atoms with Gasteiger partial charge in [-0.05, 0) is 80.8 Å². The minimum atomic E-state index is -4.26. The van der Waals surface area contributed by atoms with Gasteiger partial charge in [-0.3, -0.25) is 13.9 Å². The normalized spacial score (nSPS) is 14.6. The van der Waals surface area contributed by atoms with E-state index in [1.807, 2.05) is 31.2 Å². The third-order valence-corrected chi connectivity index (χ3v) is 9.42. The van der Waals surface area contributed by atoms with Crippen molar-refractivity contribution in [3.63, 3.8) is 0 Å². The van der Waals surface area contributed by atoms with Gasteiger partial charge in [-0.25, -0.2) is 12.8 Å². The highest BCUT2D eigenvalue weighted by Gasteiger charge is 2.33. The highest BCUT2D eigenvalue weighted by Crippen LogP contribution is 2.26. The number of aryl methyl sites for hydroxylation is 1. The Balaban J connectivity index is 1.66. The summed E-state index contributed by atoms with van der Waals surface area (Å²) in [7, 11) is -2.79. The lowest BCUT2D eigenvalue weighted by Gasteiger charge is -2.33. The summed E-state index contributed by atoms with van der Waals surface area (Å²) in [6.45, 7) is 3.13. The van der Waals surface area contributed by atoms with E-state index in [-0.39, 0.29) is 29.1 Å². The minimum absolute atomic E-state index is 0.0520. The van der Waals surface area contributed by atoms with Crippen LogP contribution in [0.2, 0.25) is 0 Å². The Bertz CT molecular complexity index is 1460. The molecule has 0 aromatic heterocycles. The molecule has 1 atom stereocenters. The third-order valence-electron chi connectivity index (χ3n) is 7.63. The molecule has 0 aliphatic heterocycles. The van der Waals surface area contributed by atoms with Crippen molar-refractivity contribution in [3.05, 3.63) is 89.7 Å². The fourth-order valence-corrected chi connectivity index (χ4v) is 6.47. The predicted molar refractivity (Wildman–Crippen MR) is 160 cm³/mol. The van der Waals surface area contributed by atoms with Gasteiger partial charge in [0.05, 0.1) is 17.7 Å². The Morgan fingerprint density at radius 3 is 2.17 bits per heavy atom. The van der Waals surface area contributed by atoms with Crippen molar-refractivity contribution in [2.24, 2.45) is 0 Å². The molecule has 42 heavy (non-hydrogen) atoms. The molecule has 2 amide bonds. The Kier molecular flexibility index (Phi) is 10.2. The van der Waals surface area contributed by atoms with Crippen LogP contribution in [0.15, 0.2) is 77.7 Å². The first-order valence-corrected chi connectivity index (χ1v) is 15.6. The van der Waals surface area contributed by atoms with E-state index in [0.29, 0.717) is 5.75 Å². The molecule has 0 radical (unpaired) electrons. The summed E-state index contributed by atoms with van der Waals surface area (Å²) < 4.78 is 47.7. The number of sulfonamides is 1. The van der Waals surface area contributed by atoms with Crippen molar-refractivity contribution in [1.29, 1.82) is 0 Å². The first-order valence-electron chi connectivity index (χ1n) is 14.2. The van der Waals surface area contributed by atoms with Gasteiger partial charge in [-0.2, -0.15) is 0 Å². The number of anilines is 1. The molecule has 3 aromatic rings. The van der Waals surface area contributed by atoms with E-state index in [9.17, 15) is 22.4 Å². The summed E-state index contributed by atoms with van der Waals surface area (Å²) in [5.41, 5.74) is 1.97. The van der Waals surface area contributed by atoms with Crippen LogP contribution >= 0.6 is 0 Å². The third kappa shape index (κ3) is 7.67. The van der Waals surface area contributed by atoms with Crippen LogP contribution in [0.3, 0.4) is 0 Å². The summed E-state index contributed by atoms with van der Waals surface area (Å²) in [5, 5.41) is 3.09. The fourth-order valence-electron chi connectivity index (χ4n) is 5.05. The first kappa shape index (κ1) is 31.0. The van der Waals surface area contributed by atoms with Crippen LogP contribution in [0.5, 0.6) is 5.75 Å². The van der Waals surface area contributed by atoms with Crippen LogP contribution in [0.4, 0.5) is 10.1 Å². The zero-order valence-electron chi connectivity index (χ0n) is 24.3. The highest BCUT2D eigenvalue weighted by atomic mass is 32.2. The second-order valence-electron chi connectivity index (χ2n) is 10.7. The quantitative estimate of drug-likeness (QED) is 0.329. The van der Waals surface area contributed by atoms with Crippen molar-refractivity contribution >= 4 is 27.5 Å². The second kappa shape index (κ2) is 13.8. The van der Waals surface area contributed by atoms with Crippen LogP contribution in [0.25, 0.3) is 0 Å². The average Bonchev–Trinajstić information content (AvgIpc) is 3.00. The van der Waals surface area contributed by atoms with Crippen LogP contribution in [-0.4, -0.2) is 50.9 Å². The summed E-state index contributed by atoms with van der Waals surface area (Å²) in [6.07, 6.45) is 5.01. The van der Waals surface area contributed by atoms with Gasteiger partial charge in [0.15, 0.2) is 0 Å². The predicted octanol–water partition coefficient (Wildman–Crippen LogP) is 5.20. The molecule has 10 heteroatoms. The van der Waals surface area contributed by atoms with Gasteiger partial charge >= 0.3 is 0 Å². The Morgan fingerprint density at radius 2 is 1.57 bits per heavy atom. The van der Waals surface area contributed by atoms with Crippen molar-refractivity contribution in [2.75, 3.05) is 18.0 Å². The lowest BCUT2D eigenvalue weighted by Crippen LogP contribution is -2.53. The number of nitrogens with zero attached hydrogens (tertiary/aromatic N) is 2. The summed E-state index contributed by atoms with van der Waals surface area (Å²) in [5.74, 6) is -0.918. The van der Waals surface area contributed by atoms with Gasteiger partial charge in [-0.15, -0.1) is 0 Å². The maximum absolute atomic E-state index is 14.0. The number of carbonyl (C=O) groups excluding carboxylic acids is 2. The number of hydrogen-bond donors (Lipinski definition) is 1. The van der Waals surface area contributed by atoms with E-state index in [1.165, 1.54) is 48.4 Å². The monoisotopic (exact) mass is 595 g/mol. The maximum atomic E-state index is 14.0. The molecule has 1 N–H and O–H groups in total. The molecule has 0 heterocycles. The average molecular weight is 596 g/mol. The van der Waals surface area contributed by atoms with Crippen molar-refractivity contribution < 1.29 is 27.1 Å². The van der Waals surface area contributed by atoms with Crippen LogP contribution in [0, 0.1) is 12.7 Å². The fraction of sp³-hybridized carbons (Fsp3) is 0.375. The molecule has 0 spiro atoms. The number of hydrogen-bond acceptors (Lipinski definition) is 5. The second-order valence-corrected chi connectivity index (χ2v) is 12.6. The van der Waals surface area contributed by atoms with E-state index in [1.54, 1.807) is 6.92 Å². The van der Waals surface area contributed by atoms with Gasteiger partial charge in [0.25, 0.3) is 10.0 Å². The molecule has 1 unspecified atom stereocenters. The summed E-state index contributed by atoms with van der Waals surface area (Å²) in [6, 6.07) is 17.5. The molecule has 0 bridgehead atoms. The first-order chi connectivity index (χ1) is 20.1. The van der Waals surface area contributed by atoms with Gasteiger partial charge in [-0.1, -0.05) is 49.1 Å². The zero-order valence-corrected chi connectivity index (χ0v) is 25.1. The van der Waals surface area contributed by atoms with Crippen molar-refractivity contribution in [1.82, 2.24) is 10.2 Å². The topological polar surface area (TPSA) is 96.0 Å². The molecule has 1 saturated carbocycles. The SMILES string of the molecule is COc1ccc(S(=O)(=O)N(CC(=O)N(Cc2ccc(C)cc2)C(C)C(=O)NC2CCCCC2)c2ccc(F)cc2)cc1. The van der Waals surface area contributed by atoms with Crippen LogP contribution in [-0.2, 0) is 26.2 Å². The van der Waals surface area contributed by atoms with Crippen molar-refractivity contribution in [3.8, 4) is 5.75 Å². The molecule has 1 aliphatic rings. The molecule has 0 saturated heterocycles. The molecule has 1 aliphatic carbocycles. The number of nitrogens with one attached hydrogen (secondary N) is 1. The number of methoxy groups -OCH3 is 1. The van der Waals surface area contributed by atoms with E-state index in [2.05, 4.69) is 5.32 Å². The molecular weight excluding hydrogens is 557 g/mol. The van der Waals surface area contributed by atoms with Gasteiger partial charge in [0.1, 0.15) is 24.2 Å². The van der Waals surface area contributed by atoms with Gasteiger partial charge < -0.3 is 15.0 Å². The largest absolute Gasteiger partial charge is 0.497 e. The standard InChI is InChI=1S/C32H38FN3O5S/c1-23-9-11-25(12-10-23)21-35(24(2)32(38)34-27-7-5-4-6-8-27)31(37)22-36(28-15-13-26(33)14-16-28)42(39,40)30-19-17-29(41-3)18-20-30/h9-20,24,27H,4-8,21-22H2,1-3H3,(H,34,38). The zero-order chi connectivity index (χ0) is 30.3. The molecule has 3 aromatic carbocycles. The number of carbonyl (C=O) groups is 2. The number of ether oxygens (including phenoxy) is 1. The number of amides is 2. The Morgan fingerprint density at radius 1 is 0.952 bits per heavy atom. The number of benzene rings is 3. The Hall–Kier alpha value is -3.92. The van der Waals surface area contributed by atoms with Gasteiger partial charge in [0, 0.05) is 12.6 Å². The van der Waals surface area contributed by atoms with Crippen LogP contribution < -0.4 is 14.4 Å². The molecule has 1 fully saturated rings. The Labute approximate surface area is 247 Å². The highest BCUT2D eigenvalue weighted by molar-refractivity contribution is 7.92. The van der Waals surface area contributed by atoms with E-state index in [4.69, 9.17) is 4.74 Å². The number of rotatable bonds is 11. The molecule has 4 rings (SSSR count). The minimum Gasteiger partial charge on any atom is -0.497 e. The summed E-state index contributed by atoms with van der Waals surface area (Å²) >= 11 is 0. The number of halogens is 1. The smallest absolute Gasteiger partial charge is 0.264 e. The maximum Gasteiger partial charge on any atom is 0.264 e. The van der Waals surface area contributed by atoms with E-state index < -0.39 is 34.3 Å². The molecular formula is C32H38FN3O5S. The van der Waals surface area contributed by atoms with E-state index in [0.717, 1.165) is 59.7 Å². The van der Waals surface area contributed by atoms with Crippen molar-refractivity contribution in [2.45, 2.75) is 69.5 Å². The molecule has 224 valence electrons. The lowest BCUT2D eigenvalue weighted by atomic mass is 9.95. The van der Waals surface area contributed by atoms with E-state index >= 15 is 0 Å². The molecule has 8 nitrogen and oxygen atoms in total. The lowest BCUT2D eigenvalue weighted by molar-refractivity contribution is -0.139. The summed E-state index contributed by atoms with van der Waals surface area (Å²) in [4.78, 5) is 28.8. The van der Waals surface area contributed by atoms with Crippen LogP contribution in [0.1, 0.15) is 50.2 Å².